The van der Waals surface area contributed by atoms with E-state index < -0.39 is 0 Å². The summed E-state index contributed by atoms with van der Waals surface area (Å²) in [5, 5.41) is 3.06. The smallest absolute Gasteiger partial charge is 0.223 e. The van der Waals surface area contributed by atoms with Gasteiger partial charge in [-0.2, -0.15) is 0 Å². The zero-order valence-corrected chi connectivity index (χ0v) is 15.6. The molecule has 0 bridgehead atoms. The van der Waals surface area contributed by atoms with E-state index in [2.05, 4.69) is 16.1 Å². The summed E-state index contributed by atoms with van der Waals surface area (Å²) in [6, 6.07) is 17.9. The number of piperidine rings is 1. The number of carbonyl (C=O) groups excluding carboxylic acids is 1. The molecule has 4 heteroatoms. The molecule has 0 radical (unpaired) electrons. The number of amides is 1. The van der Waals surface area contributed by atoms with Gasteiger partial charge in [0, 0.05) is 12.5 Å². The lowest BCUT2D eigenvalue weighted by Gasteiger charge is -2.29. The molecule has 2 aromatic carbocycles. The summed E-state index contributed by atoms with van der Waals surface area (Å²) in [5.74, 6) is 3.77. The van der Waals surface area contributed by atoms with E-state index in [4.69, 9.17) is 11.2 Å². The van der Waals surface area contributed by atoms with Crippen LogP contribution in [0.15, 0.2) is 54.6 Å². The van der Waals surface area contributed by atoms with Crippen LogP contribution in [0.1, 0.15) is 24.0 Å². The largest absolute Gasteiger partial charge is 0.489 e. The van der Waals surface area contributed by atoms with Crippen LogP contribution < -0.4 is 10.1 Å². The van der Waals surface area contributed by atoms with Gasteiger partial charge in [-0.3, -0.25) is 9.69 Å². The van der Waals surface area contributed by atoms with Gasteiger partial charge in [0.2, 0.25) is 5.91 Å². The first kappa shape index (κ1) is 19.0. The maximum absolute atomic E-state index is 12.4. The van der Waals surface area contributed by atoms with Gasteiger partial charge in [-0.25, -0.2) is 0 Å². The first-order valence-electron chi connectivity index (χ1n) is 9.44. The van der Waals surface area contributed by atoms with Crippen molar-refractivity contribution in [3.63, 3.8) is 0 Å². The fourth-order valence-electron chi connectivity index (χ4n) is 3.25. The van der Waals surface area contributed by atoms with E-state index >= 15 is 0 Å². The number of ether oxygens (including phenoxy) is 1. The summed E-state index contributed by atoms with van der Waals surface area (Å²) in [6.07, 6.45) is 7.10. The maximum Gasteiger partial charge on any atom is 0.223 e. The average Bonchev–Trinajstić information content (AvgIpc) is 2.73. The van der Waals surface area contributed by atoms with Crippen LogP contribution in [0.2, 0.25) is 0 Å². The predicted molar refractivity (Wildman–Crippen MR) is 107 cm³/mol. The van der Waals surface area contributed by atoms with E-state index in [0.29, 0.717) is 19.7 Å². The number of terminal acetylenes is 1. The Labute approximate surface area is 161 Å². The molecule has 0 atom stereocenters. The first-order chi connectivity index (χ1) is 13.2. The highest BCUT2D eigenvalue weighted by molar-refractivity contribution is 5.78. The molecule has 1 amide bonds. The highest BCUT2D eigenvalue weighted by Crippen LogP contribution is 2.17. The summed E-state index contributed by atoms with van der Waals surface area (Å²) in [4.78, 5) is 14.6. The minimum absolute atomic E-state index is 0.0950. The van der Waals surface area contributed by atoms with Gasteiger partial charge < -0.3 is 10.1 Å². The van der Waals surface area contributed by atoms with Crippen LogP contribution in [0.4, 0.5) is 0 Å². The van der Waals surface area contributed by atoms with Crippen molar-refractivity contribution in [1.29, 1.82) is 0 Å². The lowest BCUT2D eigenvalue weighted by Crippen LogP contribution is -2.40. The van der Waals surface area contributed by atoms with Crippen molar-refractivity contribution in [1.82, 2.24) is 10.2 Å². The third-order valence-electron chi connectivity index (χ3n) is 4.91. The molecule has 0 aliphatic carbocycles. The third kappa shape index (κ3) is 5.87. The Bertz CT molecular complexity index is 757. The van der Waals surface area contributed by atoms with Gasteiger partial charge in [-0.05, 0) is 49.2 Å². The Balaban J connectivity index is 1.41. The number of hydrogen-bond acceptors (Lipinski definition) is 3. The van der Waals surface area contributed by atoms with Gasteiger partial charge in [0.05, 0.1) is 6.54 Å². The monoisotopic (exact) mass is 362 g/mol. The van der Waals surface area contributed by atoms with E-state index in [0.717, 1.165) is 42.8 Å². The minimum atomic E-state index is 0.0950. The number of nitrogens with zero attached hydrogens (tertiary/aromatic N) is 1. The SMILES string of the molecule is C#CCN1CCC(C(=O)NCc2ccc(COc3ccccc3)cc2)CC1. The second kappa shape index (κ2) is 9.80. The average molecular weight is 362 g/mol. The normalized spacial score (nSPS) is 15.1. The highest BCUT2D eigenvalue weighted by atomic mass is 16.5. The maximum atomic E-state index is 12.4. The Morgan fingerprint density at radius 3 is 2.41 bits per heavy atom. The summed E-state index contributed by atoms with van der Waals surface area (Å²) in [6.45, 7) is 3.57. The summed E-state index contributed by atoms with van der Waals surface area (Å²) < 4.78 is 5.75. The number of likely N-dealkylation sites (tertiary alicyclic amines) is 1. The molecule has 140 valence electrons. The molecule has 3 rings (SSSR count). The minimum Gasteiger partial charge on any atom is -0.489 e. The molecular weight excluding hydrogens is 336 g/mol. The van der Waals surface area contributed by atoms with Crippen molar-refractivity contribution >= 4 is 5.91 Å². The lowest BCUT2D eigenvalue weighted by atomic mass is 9.96. The number of rotatable bonds is 7. The fraction of sp³-hybridized carbons (Fsp3) is 0.348. The number of carbonyl (C=O) groups is 1. The molecule has 1 aliphatic rings. The highest BCUT2D eigenvalue weighted by Gasteiger charge is 2.24. The van der Waals surface area contributed by atoms with Crippen molar-refractivity contribution < 1.29 is 9.53 Å². The van der Waals surface area contributed by atoms with Crippen LogP contribution in [-0.2, 0) is 17.9 Å². The van der Waals surface area contributed by atoms with E-state index in [9.17, 15) is 4.79 Å². The standard InChI is InChI=1S/C23H26N2O2/c1-2-14-25-15-12-21(13-16-25)23(26)24-17-19-8-10-20(11-9-19)18-27-22-6-4-3-5-7-22/h1,3-11,21H,12-18H2,(H,24,26). The Morgan fingerprint density at radius 1 is 1.07 bits per heavy atom. The van der Waals surface area contributed by atoms with Crippen molar-refractivity contribution in [2.24, 2.45) is 5.92 Å². The van der Waals surface area contributed by atoms with E-state index in [1.165, 1.54) is 0 Å². The molecule has 1 heterocycles. The van der Waals surface area contributed by atoms with Crippen molar-refractivity contribution in [2.45, 2.75) is 26.0 Å². The third-order valence-corrected chi connectivity index (χ3v) is 4.91. The Morgan fingerprint density at radius 2 is 1.74 bits per heavy atom. The van der Waals surface area contributed by atoms with Crippen LogP contribution in [0, 0.1) is 18.3 Å². The van der Waals surface area contributed by atoms with Gasteiger partial charge in [0.1, 0.15) is 12.4 Å². The molecule has 27 heavy (non-hydrogen) atoms. The van der Waals surface area contributed by atoms with E-state index in [1.54, 1.807) is 0 Å². The summed E-state index contributed by atoms with van der Waals surface area (Å²) in [5.41, 5.74) is 2.20. The molecule has 0 saturated carbocycles. The van der Waals surface area contributed by atoms with E-state index in [1.807, 2.05) is 54.6 Å². The molecule has 1 saturated heterocycles. The fourth-order valence-corrected chi connectivity index (χ4v) is 3.25. The summed E-state index contributed by atoms with van der Waals surface area (Å²) >= 11 is 0. The van der Waals surface area contributed by atoms with Crippen LogP contribution in [-0.4, -0.2) is 30.4 Å². The predicted octanol–water partition coefficient (Wildman–Crippen LogP) is 3.23. The zero-order chi connectivity index (χ0) is 18.9. The summed E-state index contributed by atoms with van der Waals surface area (Å²) in [7, 11) is 0. The number of nitrogens with one attached hydrogen (secondary N) is 1. The van der Waals surface area contributed by atoms with Crippen LogP contribution in [0.3, 0.4) is 0 Å². The quantitative estimate of drug-likeness (QED) is 0.769. The lowest BCUT2D eigenvalue weighted by molar-refractivity contribution is -0.126. The van der Waals surface area contributed by atoms with E-state index in [-0.39, 0.29) is 11.8 Å². The van der Waals surface area contributed by atoms with Gasteiger partial charge in [-0.1, -0.05) is 48.4 Å². The molecule has 0 aromatic heterocycles. The molecule has 4 nitrogen and oxygen atoms in total. The molecule has 1 N–H and O–H groups in total. The molecule has 1 fully saturated rings. The van der Waals surface area contributed by atoms with Gasteiger partial charge in [-0.15, -0.1) is 6.42 Å². The van der Waals surface area contributed by atoms with Crippen LogP contribution in [0.5, 0.6) is 5.75 Å². The first-order valence-corrected chi connectivity index (χ1v) is 9.44. The zero-order valence-electron chi connectivity index (χ0n) is 15.6. The molecular formula is C23H26N2O2. The molecule has 2 aromatic rings. The van der Waals surface area contributed by atoms with Crippen molar-refractivity contribution in [3.05, 3.63) is 65.7 Å². The van der Waals surface area contributed by atoms with Crippen molar-refractivity contribution in [2.75, 3.05) is 19.6 Å². The molecule has 0 spiro atoms. The van der Waals surface area contributed by atoms with Gasteiger partial charge >= 0.3 is 0 Å². The second-order valence-electron chi connectivity index (χ2n) is 6.89. The van der Waals surface area contributed by atoms with Gasteiger partial charge in [0.25, 0.3) is 0 Å². The molecule has 0 unspecified atom stereocenters. The van der Waals surface area contributed by atoms with Crippen molar-refractivity contribution in [3.8, 4) is 18.1 Å². The number of para-hydroxylation sites is 1. The number of benzene rings is 2. The Kier molecular flexibility index (Phi) is 6.90. The second-order valence-corrected chi connectivity index (χ2v) is 6.89. The molecule has 1 aliphatic heterocycles. The van der Waals surface area contributed by atoms with Crippen LogP contribution >= 0.6 is 0 Å². The Hall–Kier alpha value is -2.77. The number of hydrogen-bond donors (Lipinski definition) is 1. The van der Waals surface area contributed by atoms with Gasteiger partial charge in [0.15, 0.2) is 0 Å². The van der Waals surface area contributed by atoms with Crippen LogP contribution in [0.25, 0.3) is 0 Å². The topological polar surface area (TPSA) is 41.6 Å².